The summed E-state index contributed by atoms with van der Waals surface area (Å²) in [5, 5.41) is 16.3. The molecule has 0 fully saturated rings. The number of hydrogen-bond acceptors (Lipinski definition) is 8. The lowest BCUT2D eigenvalue weighted by Gasteiger charge is -2.26. The SMILES string of the molecule is CN1C=CC(c2cccc(-c3cc(C4=CC=CC(C5=CCNC=C5)N4)cc(C4=NC(c5ccc6cnccc6c5)N=C(c5ccc6c(c5)C=CNC6)N4)c3)c2)=CC1. The van der Waals surface area contributed by atoms with Crippen molar-refractivity contribution in [3.63, 3.8) is 0 Å². The molecule has 4 N–H and O–H groups in total. The molecule has 10 rings (SSSR count). The van der Waals surface area contributed by atoms with Crippen LogP contribution in [0.25, 0.3) is 39.2 Å². The number of dihydropyridines is 2. The quantitative estimate of drug-likeness (QED) is 0.135. The third-order valence-electron chi connectivity index (χ3n) is 11.0. The van der Waals surface area contributed by atoms with E-state index in [1.54, 1.807) is 0 Å². The standard InChI is InChI=1S/C49H42N8/c1-57-22-16-32(17-23-57)34-4-2-5-35(24-34)42-27-43(46-7-3-6-45(53-46)33-12-18-50-19-13-33)29-44(28-42)49-55-47(38-8-10-40-30-51-20-14-36(40)25-38)54-48(56-49)39-9-11-41-31-52-21-15-37(41)26-39/h2-18,20-22,24-30,45,47,50,52-53H,19,23,31H2,1H3,(H,54,55,56). The predicted octanol–water partition coefficient (Wildman–Crippen LogP) is 8.23. The Morgan fingerprint density at radius 1 is 0.719 bits per heavy atom. The van der Waals surface area contributed by atoms with Gasteiger partial charge in [0.1, 0.15) is 11.7 Å². The Hall–Kier alpha value is -7.19. The molecule has 0 spiro atoms. The summed E-state index contributed by atoms with van der Waals surface area (Å²) in [5.74, 6) is 1.55. The normalized spacial score (nSPS) is 19.5. The van der Waals surface area contributed by atoms with Crippen LogP contribution in [0.5, 0.6) is 0 Å². The molecule has 0 amide bonds. The fraction of sp³-hybridized carbons (Fsp3) is 0.122. The maximum absolute atomic E-state index is 5.38. The fourth-order valence-corrected chi connectivity index (χ4v) is 7.89. The van der Waals surface area contributed by atoms with Crippen LogP contribution in [0.1, 0.15) is 45.1 Å². The molecular weight excluding hydrogens is 701 g/mol. The van der Waals surface area contributed by atoms with Gasteiger partial charge >= 0.3 is 0 Å². The Morgan fingerprint density at radius 3 is 2.47 bits per heavy atom. The van der Waals surface area contributed by atoms with Crippen LogP contribution < -0.4 is 21.3 Å². The smallest absolute Gasteiger partial charge is 0.169 e. The third-order valence-corrected chi connectivity index (χ3v) is 11.0. The summed E-state index contributed by atoms with van der Waals surface area (Å²) in [6.07, 6.45) is 27.0. The van der Waals surface area contributed by atoms with E-state index < -0.39 is 6.17 Å². The average Bonchev–Trinajstić information content (AvgIpc) is 3.29. The highest BCUT2D eigenvalue weighted by atomic mass is 15.2. The van der Waals surface area contributed by atoms with E-state index in [2.05, 4.69) is 172 Å². The molecule has 5 aromatic rings. The molecule has 2 unspecified atom stereocenters. The van der Waals surface area contributed by atoms with E-state index in [1.165, 1.54) is 27.8 Å². The van der Waals surface area contributed by atoms with E-state index in [0.717, 1.165) is 81.2 Å². The highest BCUT2D eigenvalue weighted by Crippen LogP contribution is 2.33. The first-order valence-corrected chi connectivity index (χ1v) is 19.5. The Balaban J connectivity index is 1.10. The molecule has 8 nitrogen and oxygen atoms in total. The first-order chi connectivity index (χ1) is 28.1. The minimum atomic E-state index is -0.460. The van der Waals surface area contributed by atoms with Gasteiger partial charge in [-0.05, 0) is 141 Å². The zero-order valence-electron chi connectivity index (χ0n) is 31.7. The number of nitrogens with zero attached hydrogens (tertiary/aromatic N) is 4. The topological polar surface area (TPSA) is 89.0 Å². The number of nitrogens with one attached hydrogen (secondary N) is 4. The van der Waals surface area contributed by atoms with Gasteiger partial charge < -0.3 is 26.2 Å². The molecule has 278 valence electrons. The van der Waals surface area contributed by atoms with Crippen molar-refractivity contribution in [2.75, 3.05) is 20.1 Å². The van der Waals surface area contributed by atoms with E-state index in [4.69, 9.17) is 9.98 Å². The summed E-state index contributed by atoms with van der Waals surface area (Å²) in [4.78, 5) is 17.2. The summed E-state index contributed by atoms with van der Waals surface area (Å²) in [6.45, 7) is 2.50. The van der Waals surface area contributed by atoms with Crippen LogP contribution in [0.3, 0.4) is 0 Å². The van der Waals surface area contributed by atoms with Crippen LogP contribution >= 0.6 is 0 Å². The number of pyridine rings is 1. The molecule has 5 aliphatic rings. The van der Waals surface area contributed by atoms with E-state index >= 15 is 0 Å². The van der Waals surface area contributed by atoms with Crippen molar-refractivity contribution in [2.24, 2.45) is 9.98 Å². The highest BCUT2D eigenvalue weighted by Gasteiger charge is 2.24. The Bertz CT molecular complexity index is 2710. The van der Waals surface area contributed by atoms with Gasteiger partial charge in [0.2, 0.25) is 0 Å². The van der Waals surface area contributed by atoms with Crippen molar-refractivity contribution in [2.45, 2.75) is 18.8 Å². The molecular formula is C49H42N8. The van der Waals surface area contributed by atoms with Crippen molar-refractivity contribution in [3.05, 3.63) is 203 Å². The van der Waals surface area contributed by atoms with Gasteiger partial charge in [0.15, 0.2) is 6.17 Å². The molecule has 57 heavy (non-hydrogen) atoms. The zero-order valence-corrected chi connectivity index (χ0v) is 31.7. The number of allylic oxidation sites excluding steroid dienone is 4. The maximum Gasteiger partial charge on any atom is 0.169 e. The van der Waals surface area contributed by atoms with Crippen LogP contribution in [-0.2, 0) is 6.54 Å². The lowest BCUT2D eigenvalue weighted by molar-refractivity contribution is 0.506. The molecule has 0 saturated carbocycles. The van der Waals surface area contributed by atoms with Crippen molar-refractivity contribution < 1.29 is 0 Å². The van der Waals surface area contributed by atoms with Crippen LogP contribution in [0.2, 0.25) is 0 Å². The number of aliphatic imine (C=N–C) groups is 2. The van der Waals surface area contributed by atoms with E-state index in [0.29, 0.717) is 0 Å². The van der Waals surface area contributed by atoms with Crippen LogP contribution in [0, 0.1) is 0 Å². The summed E-state index contributed by atoms with van der Waals surface area (Å²) in [7, 11) is 2.10. The van der Waals surface area contributed by atoms with Crippen molar-refractivity contribution >= 4 is 39.8 Å². The second kappa shape index (κ2) is 14.8. The molecule has 5 aliphatic heterocycles. The van der Waals surface area contributed by atoms with Gasteiger partial charge in [0.05, 0.1) is 6.04 Å². The van der Waals surface area contributed by atoms with Crippen LogP contribution in [-0.4, -0.2) is 47.7 Å². The lowest BCUT2D eigenvalue weighted by Crippen LogP contribution is -2.36. The number of benzene rings is 4. The van der Waals surface area contributed by atoms with Gasteiger partial charge in [0.25, 0.3) is 0 Å². The van der Waals surface area contributed by atoms with Gasteiger partial charge in [-0.2, -0.15) is 0 Å². The summed E-state index contributed by atoms with van der Waals surface area (Å²) < 4.78 is 0. The number of aromatic nitrogens is 1. The predicted molar refractivity (Wildman–Crippen MR) is 234 cm³/mol. The number of likely N-dealkylation sites (N-methyl/N-ethyl adjacent to an activating group) is 1. The molecule has 4 aromatic carbocycles. The second-order valence-electron chi connectivity index (χ2n) is 14.9. The Morgan fingerprint density at radius 2 is 1.58 bits per heavy atom. The monoisotopic (exact) mass is 742 g/mol. The molecule has 0 bridgehead atoms. The van der Waals surface area contributed by atoms with E-state index in [-0.39, 0.29) is 6.04 Å². The molecule has 8 heteroatoms. The average molecular weight is 743 g/mol. The number of fused-ring (bicyclic) bond motifs is 2. The second-order valence-corrected chi connectivity index (χ2v) is 14.9. The Labute approximate surface area is 332 Å². The first-order valence-electron chi connectivity index (χ1n) is 19.5. The molecule has 0 saturated heterocycles. The Kier molecular flexibility index (Phi) is 8.91. The minimum absolute atomic E-state index is 0.0616. The van der Waals surface area contributed by atoms with Gasteiger partial charge in [-0.1, -0.05) is 66.8 Å². The number of rotatable bonds is 7. The molecule has 2 atom stereocenters. The summed E-state index contributed by atoms with van der Waals surface area (Å²) in [5.41, 5.74) is 13.5. The minimum Gasteiger partial charge on any atom is -0.387 e. The maximum atomic E-state index is 5.38. The van der Waals surface area contributed by atoms with Crippen LogP contribution in [0.4, 0.5) is 0 Å². The molecule has 1 aromatic heterocycles. The van der Waals surface area contributed by atoms with Crippen LogP contribution in [0.15, 0.2) is 174 Å². The largest absolute Gasteiger partial charge is 0.387 e. The van der Waals surface area contributed by atoms with Crippen molar-refractivity contribution in [3.8, 4) is 11.1 Å². The van der Waals surface area contributed by atoms with Gasteiger partial charge in [-0.15, -0.1) is 0 Å². The molecule has 0 radical (unpaired) electrons. The number of hydrogen-bond donors (Lipinski definition) is 4. The van der Waals surface area contributed by atoms with Crippen molar-refractivity contribution in [1.82, 2.24) is 31.2 Å². The summed E-state index contributed by atoms with van der Waals surface area (Å²) >= 11 is 0. The highest BCUT2D eigenvalue weighted by molar-refractivity contribution is 6.16. The zero-order chi connectivity index (χ0) is 38.1. The molecule has 6 heterocycles. The van der Waals surface area contributed by atoms with E-state index in [1.807, 2.05) is 30.9 Å². The summed E-state index contributed by atoms with van der Waals surface area (Å²) in [6, 6.07) is 30.7. The van der Waals surface area contributed by atoms with Gasteiger partial charge in [-0.3, -0.25) is 4.98 Å². The fourth-order valence-electron chi connectivity index (χ4n) is 7.89. The third kappa shape index (κ3) is 7.09. The lowest BCUT2D eigenvalue weighted by atomic mass is 9.93. The van der Waals surface area contributed by atoms with E-state index in [9.17, 15) is 0 Å². The number of amidine groups is 2. The van der Waals surface area contributed by atoms with Crippen molar-refractivity contribution in [1.29, 1.82) is 0 Å². The first kappa shape index (κ1) is 34.3. The molecule has 0 aliphatic carbocycles. The van der Waals surface area contributed by atoms with Gasteiger partial charge in [0, 0.05) is 61.3 Å². The van der Waals surface area contributed by atoms with Gasteiger partial charge in [-0.25, -0.2) is 9.98 Å².